The standard InChI is InChI=1S/C9H7F5N2O2/c10-8(11,7(15)18)6(17)4-2-1-3-5(16-4)9(12,13)14/h1-3,6,17H,(H2,15,18). The molecule has 100 valence electrons. The molecule has 1 aromatic rings. The first kappa shape index (κ1) is 14.3. The summed E-state index contributed by atoms with van der Waals surface area (Å²) < 4.78 is 62.8. The summed E-state index contributed by atoms with van der Waals surface area (Å²) in [5, 5.41) is 9.13. The molecule has 9 heteroatoms. The number of hydrogen-bond acceptors (Lipinski definition) is 3. The minimum Gasteiger partial charge on any atom is -0.380 e. The van der Waals surface area contributed by atoms with Gasteiger partial charge < -0.3 is 10.8 Å². The molecule has 1 unspecified atom stereocenters. The molecule has 0 aliphatic carbocycles. The third-order valence-corrected chi connectivity index (χ3v) is 2.01. The molecule has 0 radical (unpaired) electrons. The molecule has 3 N–H and O–H groups in total. The number of nitrogens with zero attached hydrogens (tertiary/aromatic N) is 1. The highest BCUT2D eigenvalue weighted by Gasteiger charge is 2.47. The van der Waals surface area contributed by atoms with Gasteiger partial charge in [0.1, 0.15) is 5.69 Å². The van der Waals surface area contributed by atoms with Crippen molar-refractivity contribution in [1.29, 1.82) is 0 Å². The molecule has 1 rings (SSSR count). The van der Waals surface area contributed by atoms with E-state index in [1.165, 1.54) is 0 Å². The highest BCUT2D eigenvalue weighted by atomic mass is 19.4. The third-order valence-electron chi connectivity index (χ3n) is 2.01. The number of aliphatic hydroxyl groups excluding tert-OH is 1. The summed E-state index contributed by atoms with van der Waals surface area (Å²) in [5.74, 6) is -6.56. The fourth-order valence-corrected chi connectivity index (χ4v) is 1.08. The van der Waals surface area contributed by atoms with Crippen molar-refractivity contribution in [1.82, 2.24) is 4.98 Å². The molecule has 0 aliphatic heterocycles. The predicted molar refractivity (Wildman–Crippen MR) is 48.3 cm³/mol. The fraction of sp³-hybridized carbons (Fsp3) is 0.333. The molecular weight excluding hydrogens is 263 g/mol. The van der Waals surface area contributed by atoms with Crippen LogP contribution in [0.4, 0.5) is 22.0 Å². The lowest BCUT2D eigenvalue weighted by atomic mass is 10.1. The van der Waals surface area contributed by atoms with Crippen LogP contribution in [0.15, 0.2) is 18.2 Å². The second-order valence-corrected chi connectivity index (χ2v) is 3.34. The van der Waals surface area contributed by atoms with Gasteiger partial charge in [-0.2, -0.15) is 22.0 Å². The van der Waals surface area contributed by atoms with Crippen molar-refractivity contribution in [3.05, 3.63) is 29.6 Å². The Morgan fingerprint density at radius 3 is 2.28 bits per heavy atom. The number of alkyl halides is 5. The summed E-state index contributed by atoms with van der Waals surface area (Å²) in [7, 11) is 0. The first-order chi connectivity index (χ1) is 8.06. The van der Waals surface area contributed by atoms with Crippen LogP contribution < -0.4 is 5.73 Å². The monoisotopic (exact) mass is 270 g/mol. The van der Waals surface area contributed by atoms with E-state index < -0.39 is 35.5 Å². The van der Waals surface area contributed by atoms with Crippen LogP contribution in [0.1, 0.15) is 17.5 Å². The van der Waals surface area contributed by atoms with Crippen LogP contribution in [-0.2, 0) is 11.0 Å². The average molecular weight is 270 g/mol. The molecule has 4 nitrogen and oxygen atoms in total. The summed E-state index contributed by atoms with van der Waals surface area (Å²) >= 11 is 0. The number of aliphatic hydroxyl groups is 1. The molecule has 0 aliphatic rings. The first-order valence-electron chi connectivity index (χ1n) is 4.46. The smallest absolute Gasteiger partial charge is 0.380 e. The van der Waals surface area contributed by atoms with Gasteiger partial charge in [0.2, 0.25) is 0 Å². The van der Waals surface area contributed by atoms with Gasteiger partial charge in [-0.1, -0.05) is 6.07 Å². The third kappa shape index (κ3) is 2.73. The summed E-state index contributed by atoms with van der Waals surface area (Å²) in [6.45, 7) is 0. The van der Waals surface area contributed by atoms with E-state index in [9.17, 15) is 26.7 Å². The minimum atomic E-state index is -4.85. The fourth-order valence-electron chi connectivity index (χ4n) is 1.08. The number of aromatic nitrogens is 1. The Bertz CT molecular complexity index is 461. The van der Waals surface area contributed by atoms with Gasteiger partial charge in [0, 0.05) is 0 Å². The zero-order valence-corrected chi connectivity index (χ0v) is 8.58. The normalized spacial score (nSPS) is 14.3. The van der Waals surface area contributed by atoms with E-state index in [4.69, 9.17) is 5.11 Å². The number of rotatable bonds is 3. The minimum absolute atomic E-state index is 0.540. The van der Waals surface area contributed by atoms with Crippen LogP contribution in [0.3, 0.4) is 0 Å². The van der Waals surface area contributed by atoms with Crippen molar-refractivity contribution >= 4 is 5.91 Å². The zero-order valence-electron chi connectivity index (χ0n) is 8.58. The number of carbonyl (C=O) groups is 1. The Morgan fingerprint density at radius 2 is 1.83 bits per heavy atom. The van der Waals surface area contributed by atoms with Crippen molar-refractivity contribution in [2.75, 3.05) is 0 Å². The SMILES string of the molecule is NC(=O)C(F)(F)C(O)c1cccc(C(F)(F)F)n1. The van der Waals surface area contributed by atoms with E-state index in [-0.39, 0.29) is 0 Å². The molecule has 0 saturated heterocycles. The number of primary amides is 1. The highest BCUT2D eigenvalue weighted by molar-refractivity contribution is 5.82. The van der Waals surface area contributed by atoms with Gasteiger partial charge in [0.05, 0.1) is 5.69 Å². The molecule has 0 fully saturated rings. The maximum Gasteiger partial charge on any atom is 0.433 e. The molecule has 1 aromatic heterocycles. The maximum atomic E-state index is 13.0. The van der Waals surface area contributed by atoms with E-state index in [0.717, 1.165) is 12.1 Å². The molecule has 18 heavy (non-hydrogen) atoms. The van der Waals surface area contributed by atoms with Gasteiger partial charge in [-0.15, -0.1) is 0 Å². The molecule has 0 aromatic carbocycles. The van der Waals surface area contributed by atoms with E-state index in [2.05, 4.69) is 10.7 Å². The highest BCUT2D eigenvalue weighted by Crippen LogP contribution is 2.32. The van der Waals surface area contributed by atoms with Crippen LogP contribution in [0.2, 0.25) is 0 Å². The van der Waals surface area contributed by atoms with Crippen LogP contribution in [0.25, 0.3) is 0 Å². The number of nitrogens with two attached hydrogens (primary N) is 1. The molecule has 1 amide bonds. The molecule has 0 spiro atoms. The van der Waals surface area contributed by atoms with E-state index in [0.29, 0.717) is 6.07 Å². The maximum absolute atomic E-state index is 13.0. The van der Waals surface area contributed by atoms with E-state index in [1.807, 2.05) is 0 Å². The van der Waals surface area contributed by atoms with Gasteiger partial charge in [0.15, 0.2) is 6.10 Å². The van der Waals surface area contributed by atoms with Gasteiger partial charge in [-0.25, -0.2) is 4.98 Å². The second kappa shape index (κ2) is 4.48. The van der Waals surface area contributed by atoms with E-state index in [1.54, 1.807) is 0 Å². The van der Waals surface area contributed by atoms with Crippen LogP contribution in [-0.4, -0.2) is 21.9 Å². The Hall–Kier alpha value is -1.77. The summed E-state index contributed by atoms with van der Waals surface area (Å²) in [5.41, 5.74) is 1.88. The summed E-state index contributed by atoms with van der Waals surface area (Å²) in [6, 6.07) is 2.06. The summed E-state index contributed by atoms with van der Waals surface area (Å²) in [4.78, 5) is 13.2. The number of amides is 1. The molecule has 1 atom stereocenters. The number of carbonyl (C=O) groups excluding carboxylic acids is 1. The first-order valence-corrected chi connectivity index (χ1v) is 4.46. The van der Waals surface area contributed by atoms with Gasteiger partial charge in [-0.05, 0) is 12.1 Å². The topological polar surface area (TPSA) is 76.2 Å². The van der Waals surface area contributed by atoms with Crippen molar-refractivity contribution < 1.29 is 31.9 Å². The van der Waals surface area contributed by atoms with Gasteiger partial charge >= 0.3 is 12.1 Å². The summed E-state index contributed by atoms with van der Waals surface area (Å²) in [6.07, 6.45) is -7.69. The Kier molecular flexibility index (Phi) is 3.56. The predicted octanol–water partition coefficient (Wildman–Crippen LogP) is 1.25. The molecule has 0 saturated carbocycles. The zero-order chi connectivity index (χ0) is 14.1. The average Bonchev–Trinajstić information content (AvgIpc) is 2.26. The van der Waals surface area contributed by atoms with E-state index >= 15 is 0 Å². The Labute approximate surface area is 97.2 Å². The van der Waals surface area contributed by atoms with Crippen LogP contribution in [0, 0.1) is 0 Å². The van der Waals surface area contributed by atoms with Crippen LogP contribution >= 0.6 is 0 Å². The van der Waals surface area contributed by atoms with Crippen LogP contribution in [0.5, 0.6) is 0 Å². The van der Waals surface area contributed by atoms with Gasteiger partial charge in [-0.3, -0.25) is 4.79 Å². The molecule has 1 heterocycles. The lowest BCUT2D eigenvalue weighted by molar-refractivity contribution is -0.161. The van der Waals surface area contributed by atoms with Gasteiger partial charge in [0.25, 0.3) is 5.91 Å². The van der Waals surface area contributed by atoms with Crippen molar-refractivity contribution in [2.24, 2.45) is 5.73 Å². The number of pyridine rings is 1. The lowest BCUT2D eigenvalue weighted by Crippen LogP contribution is -2.41. The number of halogens is 5. The molecular formula is C9H7F5N2O2. The number of hydrogen-bond donors (Lipinski definition) is 2. The van der Waals surface area contributed by atoms with Crippen molar-refractivity contribution in [2.45, 2.75) is 18.2 Å². The Balaban J connectivity index is 3.16. The molecule has 0 bridgehead atoms. The van der Waals surface area contributed by atoms with Crippen molar-refractivity contribution in [3.8, 4) is 0 Å². The largest absolute Gasteiger partial charge is 0.433 e. The van der Waals surface area contributed by atoms with Crippen molar-refractivity contribution in [3.63, 3.8) is 0 Å². The second-order valence-electron chi connectivity index (χ2n) is 3.34. The quantitative estimate of drug-likeness (QED) is 0.812. The Morgan fingerprint density at radius 1 is 1.28 bits per heavy atom. The lowest BCUT2D eigenvalue weighted by Gasteiger charge is -2.19.